The van der Waals surface area contributed by atoms with Crippen molar-refractivity contribution in [1.82, 2.24) is 14.5 Å². The molecule has 0 saturated carbocycles. The molecule has 34 heavy (non-hydrogen) atoms. The lowest BCUT2D eigenvalue weighted by Crippen LogP contribution is -2.28. The highest BCUT2D eigenvalue weighted by molar-refractivity contribution is 6.30. The molecule has 0 bridgehead atoms. The predicted molar refractivity (Wildman–Crippen MR) is 128 cm³/mol. The molecule has 0 aliphatic heterocycles. The van der Waals surface area contributed by atoms with Crippen molar-refractivity contribution < 1.29 is 24.1 Å². The number of aliphatic hydroxyl groups excluding tert-OH is 1. The number of hydrogen-bond acceptors (Lipinski definition) is 6. The molecule has 0 spiro atoms. The van der Waals surface area contributed by atoms with Gasteiger partial charge in [0.05, 0.1) is 17.0 Å². The maximum atomic E-state index is 14.6. The molecule has 8 nitrogen and oxygen atoms in total. The molecule has 2 N–H and O–H groups in total. The molecule has 0 aliphatic rings. The number of aliphatic hydroxyl groups is 1. The van der Waals surface area contributed by atoms with E-state index in [1.54, 1.807) is 12.1 Å². The molecule has 182 valence electrons. The molecule has 0 unspecified atom stereocenters. The van der Waals surface area contributed by atoms with Gasteiger partial charge in [0.25, 0.3) is 0 Å². The summed E-state index contributed by atoms with van der Waals surface area (Å²) in [7, 11) is 0. The number of carboxylic acids is 1. The van der Waals surface area contributed by atoms with Crippen molar-refractivity contribution in [3.63, 3.8) is 0 Å². The van der Waals surface area contributed by atoms with Gasteiger partial charge in [-0.2, -0.15) is 4.98 Å². The highest BCUT2D eigenvalue weighted by Crippen LogP contribution is 2.27. The molecular formula is C24H27ClFN3O5. The van der Waals surface area contributed by atoms with Crippen LogP contribution in [0, 0.1) is 5.82 Å². The highest BCUT2D eigenvalue weighted by atomic mass is 35.5. The second-order valence-corrected chi connectivity index (χ2v) is 8.09. The van der Waals surface area contributed by atoms with E-state index in [1.807, 2.05) is 13.8 Å². The van der Waals surface area contributed by atoms with E-state index in [2.05, 4.69) is 9.88 Å². The molecule has 0 radical (unpaired) electrons. The lowest BCUT2D eigenvalue weighted by molar-refractivity contribution is 0.0694. The van der Waals surface area contributed by atoms with Crippen molar-refractivity contribution in [2.45, 2.75) is 26.8 Å². The minimum absolute atomic E-state index is 0.0330. The smallest absolute Gasteiger partial charge is 0.341 e. The molecule has 10 heteroatoms. The predicted octanol–water partition coefficient (Wildman–Crippen LogP) is 3.19. The van der Waals surface area contributed by atoms with Crippen LogP contribution < -0.4 is 10.2 Å². The van der Waals surface area contributed by atoms with Crippen LogP contribution in [0.3, 0.4) is 0 Å². The number of rotatable bonds is 11. The number of fused-ring (bicyclic) bond motifs is 1. The van der Waals surface area contributed by atoms with E-state index in [1.165, 1.54) is 16.7 Å². The number of benzene rings is 1. The summed E-state index contributed by atoms with van der Waals surface area (Å²) in [4.78, 5) is 31.2. The molecule has 0 aliphatic carbocycles. The summed E-state index contributed by atoms with van der Waals surface area (Å²) in [6.45, 7) is 6.47. The molecule has 2 aromatic heterocycles. The van der Waals surface area contributed by atoms with E-state index in [0.717, 1.165) is 19.3 Å². The second kappa shape index (κ2) is 11.4. The van der Waals surface area contributed by atoms with E-state index < -0.39 is 22.8 Å². The van der Waals surface area contributed by atoms with Gasteiger partial charge < -0.3 is 24.4 Å². The standard InChI is InChI=1S/C24H27ClFN3O5/c1-3-28(4-2)9-11-34-23-16(12-15-6-5-7-19(25)20(15)26)13-17-21(31)18(24(32)33)14-29(8-10-30)22(17)27-23/h5-7,13-14,30H,3-4,8-12H2,1-2H3,(H,32,33). The van der Waals surface area contributed by atoms with Crippen LogP contribution >= 0.6 is 11.6 Å². The number of nitrogens with zero attached hydrogens (tertiary/aromatic N) is 3. The summed E-state index contributed by atoms with van der Waals surface area (Å²) in [5.41, 5.74) is -0.280. The first-order valence-corrected chi connectivity index (χ1v) is 11.4. The third-order valence-electron chi connectivity index (χ3n) is 5.61. The number of aromatic nitrogens is 2. The van der Waals surface area contributed by atoms with Crippen LogP contribution in [-0.2, 0) is 13.0 Å². The van der Waals surface area contributed by atoms with Crippen LogP contribution in [0.1, 0.15) is 35.3 Å². The van der Waals surface area contributed by atoms with Gasteiger partial charge in [0.1, 0.15) is 23.6 Å². The maximum Gasteiger partial charge on any atom is 0.341 e. The van der Waals surface area contributed by atoms with E-state index in [0.29, 0.717) is 18.7 Å². The van der Waals surface area contributed by atoms with Gasteiger partial charge in [-0.1, -0.05) is 37.6 Å². The Labute approximate surface area is 201 Å². The fraction of sp³-hybridized carbons (Fsp3) is 0.375. The fourth-order valence-electron chi connectivity index (χ4n) is 3.72. The third-order valence-corrected chi connectivity index (χ3v) is 5.90. The molecule has 1 aromatic carbocycles. The minimum Gasteiger partial charge on any atom is -0.477 e. The van der Waals surface area contributed by atoms with Gasteiger partial charge in [-0.15, -0.1) is 0 Å². The summed E-state index contributed by atoms with van der Waals surface area (Å²) < 4.78 is 22.0. The van der Waals surface area contributed by atoms with Gasteiger partial charge in [-0.05, 0) is 30.8 Å². The van der Waals surface area contributed by atoms with Crippen molar-refractivity contribution >= 4 is 28.6 Å². The maximum absolute atomic E-state index is 14.6. The molecule has 0 amide bonds. The summed E-state index contributed by atoms with van der Waals surface area (Å²) in [5.74, 6) is -1.77. The Kier molecular flexibility index (Phi) is 8.60. The van der Waals surface area contributed by atoms with Crippen LogP contribution in [0.2, 0.25) is 5.02 Å². The Balaban J connectivity index is 2.16. The van der Waals surface area contributed by atoms with E-state index >= 15 is 0 Å². The van der Waals surface area contributed by atoms with E-state index in [9.17, 15) is 24.2 Å². The van der Waals surface area contributed by atoms with Crippen LogP contribution in [-0.4, -0.2) is 63.5 Å². The summed E-state index contributed by atoms with van der Waals surface area (Å²) in [5, 5.41) is 18.9. The largest absolute Gasteiger partial charge is 0.477 e. The number of pyridine rings is 2. The Morgan fingerprint density at radius 3 is 2.65 bits per heavy atom. The molecule has 3 aromatic rings. The number of carboxylic acid groups (broad SMARTS) is 1. The number of aromatic carboxylic acids is 1. The van der Waals surface area contributed by atoms with Gasteiger partial charge in [0.2, 0.25) is 11.3 Å². The molecule has 2 heterocycles. The number of likely N-dealkylation sites (N-methyl/N-ethyl adjacent to an activating group) is 1. The van der Waals surface area contributed by atoms with E-state index in [4.69, 9.17) is 16.3 Å². The Morgan fingerprint density at radius 2 is 2.00 bits per heavy atom. The Hall–Kier alpha value is -3.01. The minimum atomic E-state index is -1.39. The molecule has 0 fully saturated rings. The van der Waals surface area contributed by atoms with Crippen molar-refractivity contribution in [1.29, 1.82) is 0 Å². The van der Waals surface area contributed by atoms with Gasteiger partial charge in [0, 0.05) is 31.3 Å². The lowest BCUT2D eigenvalue weighted by Gasteiger charge is -2.19. The van der Waals surface area contributed by atoms with Gasteiger partial charge in [0.15, 0.2) is 0 Å². The average molecular weight is 492 g/mol. The fourth-order valence-corrected chi connectivity index (χ4v) is 3.91. The van der Waals surface area contributed by atoms with Crippen molar-refractivity contribution in [2.24, 2.45) is 0 Å². The number of halogens is 2. The molecule has 0 saturated heterocycles. The first-order chi connectivity index (χ1) is 16.3. The van der Waals surface area contributed by atoms with E-state index in [-0.39, 0.29) is 47.1 Å². The number of carbonyl (C=O) groups is 1. The zero-order valence-corrected chi connectivity index (χ0v) is 19.8. The zero-order valence-electron chi connectivity index (χ0n) is 19.1. The highest BCUT2D eigenvalue weighted by Gasteiger charge is 2.20. The topological polar surface area (TPSA) is 105 Å². The summed E-state index contributed by atoms with van der Waals surface area (Å²) in [6, 6.07) is 6.11. The number of hydrogen-bond donors (Lipinski definition) is 2. The average Bonchev–Trinajstić information content (AvgIpc) is 2.81. The number of ether oxygens (including phenoxy) is 1. The van der Waals surface area contributed by atoms with Gasteiger partial charge in [-0.25, -0.2) is 9.18 Å². The monoisotopic (exact) mass is 491 g/mol. The first-order valence-electron chi connectivity index (χ1n) is 11.0. The van der Waals surface area contributed by atoms with Crippen molar-refractivity contribution in [3.05, 3.63) is 68.2 Å². The van der Waals surface area contributed by atoms with Gasteiger partial charge >= 0.3 is 5.97 Å². The quantitative estimate of drug-likeness (QED) is 0.424. The lowest BCUT2D eigenvalue weighted by atomic mass is 10.0. The normalized spacial score (nSPS) is 11.4. The molecule has 3 rings (SSSR count). The molecule has 0 atom stereocenters. The Bertz CT molecular complexity index is 1240. The van der Waals surface area contributed by atoms with Crippen molar-refractivity contribution in [2.75, 3.05) is 32.8 Å². The Morgan fingerprint density at radius 1 is 1.26 bits per heavy atom. The van der Waals surface area contributed by atoms with Crippen LogP contribution in [0.15, 0.2) is 35.3 Å². The zero-order chi connectivity index (χ0) is 24.8. The van der Waals surface area contributed by atoms with Gasteiger partial charge in [-0.3, -0.25) is 4.79 Å². The third kappa shape index (κ3) is 5.55. The second-order valence-electron chi connectivity index (χ2n) is 7.68. The van der Waals surface area contributed by atoms with Crippen LogP contribution in [0.5, 0.6) is 5.88 Å². The molecular weight excluding hydrogens is 465 g/mol. The first kappa shape index (κ1) is 25.6. The van der Waals surface area contributed by atoms with Crippen LogP contribution in [0.25, 0.3) is 11.0 Å². The summed E-state index contributed by atoms with van der Waals surface area (Å²) in [6.07, 6.45) is 1.19. The van der Waals surface area contributed by atoms with Crippen LogP contribution in [0.4, 0.5) is 4.39 Å². The SMILES string of the molecule is CCN(CC)CCOc1nc2c(cc1Cc1cccc(Cl)c1F)c(=O)c(C(=O)O)cn2CCO. The summed E-state index contributed by atoms with van der Waals surface area (Å²) >= 11 is 5.93. The van der Waals surface area contributed by atoms with Crippen molar-refractivity contribution in [3.8, 4) is 5.88 Å².